The molecule has 0 unspecified atom stereocenters. The Kier molecular flexibility index (Phi) is 4.44. The van der Waals surface area contributed by atoms with E-state index >= 15 is 0 Å². The standard InChI is InChI=1S/C20H17FN6O/c1-13-15(12-28-25-13)9-10-27-19(22)8-7-18(23-27)17-11-26(2)24-20(17)14-3-5-16(21)6-4-14/h3-12,22H,1-2H3/b10-9+,22-19?. The summed E-state index contributed by atoms with van der Waals surface area (Å²) in [5.41, 5.74) is 4.71. The van der Waals surface area contributed by atoms with Gasteiger partial charge in [-0.3, -0.25) is 10.1 Å². The number of nitrogens with zero attached hydrogens (tertiary/aromatic N) is 5. The fraction of sp³-hybridized carbons (Fsp3) is 0.100. The predicted molar refractivity (Wildman–Crippen MR) is 102 cm³/mol. The van der Waals surface area contributed by atoms with Gasteiger partial charge in [-0.1, -0.05) is 5.16 Å². The molecule has 4 aromatic rings. The quantitative estimate of drug-likeness (QED) is 0.591. The van der Waals surface area contributed by atoms with Gasteiger partial charge < -0.3 is 4.52 Å². The molecule has 4 rings (SSSR count). The highest BCUT2D eigenvalue weighted by molar-refractivity contribution is 5.78. The Morgan fingerprint density at radius 3 is 2.61 bits per heavy atom. The van der Waals surface area contributed by atoms with E-state index in [-0.39, 0.29) is 11.3 Å². The summed E-state index contributed by atoms with van der Waals surface area (Å²) >= 11 is 0. The summed E-state index contributed by atoms with van der Waals surface area (Å²) in [6.07, 6.45) is 6.85. The average molecular weight is 376 g/mol. The van der Waals surface area contributed by atoms with Gasteiger partial charge in [0, 0.05) is 36.1 Å². The van der Waals surface area contributed by atoms with Crippen LogP contribution in [0.15, 0.2) is 53.4 Å². The van der Waals surface area contributed by atoms with E-state index in [4.69, 9.17) is 9.93 Å². The van der Waals surface area contributed by atoms with Crippen molar-refractivity contribution in [3.8, 4) is 22.5 Å². The Labute approximate surface area is 159 Å². The number of benzene rings is 1. The number of hydrogen-bond donors (Lipinski definition) is 1. The minimum atomic E-state index is -0.301. The number of aromatic nitrogens is 5. The Hall–Kier alpha value is -3.81. The zero-order valence-corrected chi connectivity index (χ0v) is 15.3. The summed E-state index contributed by atoms with van der Waals surface area (Å²) in [6.45, 7) is 1.84. The van der Waals surface area contributed by atoms with Gasteiger partial charge in [0.2, 0.25) is 0 Å². The maximum Gasteiger partial charge on any atom is 0.146 e. The van der Waals surface area contributed by atoms with Crippen LogP contribution in [0.5, 0.6) is 0 Å². The van der Waals surface area contributed by atoms with Crippen molar-refractivity contribution in [3.63, 3.8) is 0 Å². The highest BCUT2D eigenvalue weighted by Gasteiger charge is 2.14. The van der Waals surface area contributed by atoms with Crippen molar-refractivity contribution < 1.29 is 8.91 Å². The lowest BCUT2D eigenvalue weighted by atomic mass is 10.1. The van der Waals surface area contributed by atoms with Crippen LogP contribution in [0.25, 0.3) is 34.8 Å². The van der Waals surface area contributed by atoms with Crippen molar-refractivity contribution in [2.45, 2.75) is 6.92 Å². The van der Waals surface area contributed by atoms with Crippen molar-refractivity contribution in [2.75, 3.05) is 0 Å². The Bertz CT molecular complexity index is 1220. The molecule has 0 atom stereocenters. The van der Waals surface area contributed by atoms with Gasteiger partial charge in [-0.05, 0) is 49.4 Å². The molecule has 0 amide bonds. The summed E-state index contributed by atoms with van der Waals surface area (Å²) in [5, 5.41) is 21.0. The molecular formula is C20H17FN6O. The molecule has 7 nitrogen and oxygen atoms in total. The Balaban J connectivity index is 1.77. The molecule has 0 saturated carbocycles. The van der Waals surface area contributed by atoms with Crippen molar-refractivity contribution in [2.24, 2.45) is 7.05 Å². The van der Waals surface area contributed by atoms with Crippen LogP contribution in [0.4, 0.5) is 4.39 Å². The average Bonchev–Trinajstić information content (AvgIpc) is 3.27. The van der Waals surface area contributed by atoms with Gasteiger partial charge >= 0.3 is 0 Å². The smallest absolute Gasteiger partial charge is 0.146 e. The fourth-order valence-electron chi connectivity index (χ4n) is 2.80. The Morgan fingerprint density at radius 2 is 1.89 bits per heavy atom. The maximum atomic E-state index is 13.3. The molecule has 0 spiro atoms. The molecule has 0 radical (unpaired) electrons. The fourth-order valence-corrected chi connectivity index (χ4v) is 2.80. The van der Waals surface area contributed by atoms with Crippen LogP contribution < -0.4 is 5.49 Å². The molecule has 28 heavy (non-hydrogen) atoms. The number of aryl methyl sites for hydroxylation is 2. The van der Waals surface area contributed by atoms with Crippen molar-refractivity contribution in [1.82, 2.24) is 24.7 Å². The number of rotatable bonds is 4. The van der Waals surface area contributed by atoms with Crippen LogP contribution in [-0.2, 0) is 7.05 Å². The van der Waals surface area contributed by atoms with Gasteiger partial charge in [-0.2, -0.15) is 10.2 Å². The van der Waals surface area contributed by atoms with Crippen LogP contribution in [0, 0.1) is 18.2 Å². The third-order valence-corrected chi connectivity index (χ3v) is 4.27. The first-order valence-electron chi connectivity index (χ1n) is 8.55. The summed E-state index contributed by atoms with van der Waals surface area (Å²) in [5.74, 6) is -0.301. The molecule has 8 heteroatoms. The van der Waals surface area contributed by atoms with Crippen LogP contribution >= 0.6 is 0 Å². The van der Waals surface area contributed by atoms with Crippen LogP contribution in [0.3, 0.4) is 0 Å². The van der Waals surface area contributed by atoms with Crippen molar-refractivity contribution in [1.29, 1.82) is 5.41 Å². The minimum Gasteiger partial charge on any atom is -0.364 e. The highest BCUT2D eigenvalue weighted by atomic mass is 19.1. The predicted octanol–water partition coefficient (Wildman–Crippen LogP) is 3.49. The van der Waals surface area contributed by atoms with Crippen molar-refractivity contribution >= 4 is 12.3 Å². The molecule has 0 aliphatic rings. The molecule has 0 saturated heterocycles. The number of halogens is 1. The molecule has 0 aliphatic carbocycles. The van der Waals surface area contributed by atoms with Crippen molar-refractivity contribution in [3.05, 3.63) is 71.4 Å². The summed E-state index contributed by atoms with van der Waals surface area (Å²) in [6, 6.07) is 9.60. The third kappa shape index (κ3) is 3.39. The van der Waals surface area contributed by atoms with Gasteiger partial charge in [-0.25, -0.2) is 9.07 Å². The molecule has 140 valence electrons. The van der Waals surface area contributed by atoms with Crippen LogP contribution in [-0.4, -0.2) is 24.7 Å². The highest BCUT2D eigenvalue weighted by Crippen LogP contribution is 2.29. The van der Waals surface area contributed by atoms with E-state index in [0.717, 1.165) is 22.4 Å². The van der Waals surface area contributed by atoms with E-state index in [1.165, 1.54) is 23.1 Å². The lowest BCUT2D eigenvalue weighted by Crippen LogP contribution is -2.17. The molecule has 1 aromatic carbocycles. The van der Waals surface area contributed by atoms with Gasteiger partial charge in [0.25, 0.3) is 0 Å². The largest absolute Gasteiger partial charge is 0.364 e. The minimum absolute atomic E-state index is 0.223. The van der Waals surface area contributed by atoms with Gasteiger partial charge in [0.05, 0.1) is 11.4 Å². The molecular weight excluding hydrogens is 359 g/mol. The van der Waals surface area contributed by atoms with Gasteiger partial charge in [-0.15, -0.1) is 0 Å². The molecule has 3 heterocycles. The normalized spacial score (nSPS) is 11.4. The zero-order valence-electron chi connectivity index (χ0n) is 15.3. The topological polar surface area (TPSA) is 85.5 Å². The second-order valence-electron chi connectivity index (χ2n) is 6.29. The molecule has 3 aromatic heterocycles. The Morgan fingerprint density at radius 1 is 1.11 bits per heavy atom. The molecule has 1 N–H and O–H groups in total. The lowest BCUT2D eigenvalue weighted by molar-refractivity contribution is 0.415. The van der Waals surface area contributed by atoms with Gasteiger partial charge in [0.1, 0.15) is 23.3 Å². The molecule has 0 aliphatic heterocycles. The van der Waals surface area contributed by atoms with E-state index in [9.17, 15) is 4.39 Å². The second kappa shape index (κ2) is 7.07. The third-order valence-electron chi connectivity index (χ3n) is 4.27. The first kappa shape index (κ1) is 17.6. The summed E-state index contributed by atoms with van der Waals surface area (Å²) < 4.78 is 21.3. The first-order chi connectivity index (χ1) is 13.5. The summed E-state index contributed by atoms with van der Waals surface area (Å²) in [4.78, 5) is 0. The second-order valence-corrected chi connectivity index (χ2v) is 6.29. The van der Waals surface area contributed by atoms with Crippen LogP contribution in [0.1, 0.15) is 11.3 Å². The van der Waals surface area contributed by atoms with Crippen LogP contribution in [0.2, 0.25) is 0 Å². The monoisotopic (exact) mass is 376 g/mol. The molecule has 0 fully saturated rings. The maximum absolute atomic E-state index is 13.3. The zero-order chi connectivity index (χ0) is 19.7. The first-order valence-corrected chi connectivity index (χ1v) is 8.55. The van der Waals surface area contributed by atoms with E-state index in [2.05, 4.69) is 15.4 Å². The number of hydrogen-bond acceptors (Lipinski definition) is 5. The molecule has 0 bridgehead atoms. The van der Waals surface area contributed by atoms with E-state index < -0.39 is 0 Å². The van der Waals surface area contributed by atoms with Gasteiger partial charge in [0.15, 0.2) is 0 Å². The van der Waals surface area contributed by atoms with E-state index in [1.54, 1.807) is 41.2 Å². The van der Waals surface area contributed by atoms with E-state index in [0.29, 0.717) is 11.4 Å². The summed E-state index contributed by atoms with van der Waals surface area (Å²) in [7, 11) is 1.82. The lowest BCUT2D eigenvalue weighted by Gasteiger charge is -2.05. The van der Waals surface area contributed by atoms with E-state index in [1.807, 2.05) is 20.2 Å². The SMILES string of the molecule is Cc1nocc1/C=C/n1nc(-c2cn(C)nc2-c2ccc(F)cc2)ccc1=N. The number of nitrogens with one attached hydrogen (secondary N) is 1.